The van der Waals surface area contributed by atoms with E-state index in [0.717, 1.165) is 16.9 Å². The minimum Gasteiger partial charge on any atom is -0.341 e. The first-order chi connectivity index (χ1) is 10.1. The van der Waals surface area contributed by atoms with Gasteiger partial charge in [0.15, 0.2) is 0 Å². The van der Waals surface area contributed by atoms with Crippen LogP contribution in [0.25, 0.3) is 11.0 Å². The monoisotopic (exact) mass is 303 g/mol. The van der Waals surface area contributed by atoms with Gasteiger partial charge in [-0.1, -0.05) is 19.9 Å². The van der Waals surface area contributed by atoms with Crippen molar-refractivity contribution in [3.05, 3.63) is 29.6 Å². The molecule has 4 heteroatoms. The predicted octanol–water partition coefficient (Wildman–Crippen LogP) is 4.05. The molecule has 1 aromatic carbocycles. The molecule has 0 radical (unpaired) electrons. The van der Waals surface area contributed by atoms with Crippen molar-refractivity contribution in [2.75, 3.05) is 11.5 Å². The van der Waals surface area contributed by atoms with Gasteiger partial charge in [-0.3, -0.25) is 0 Å². The first-order valence-electron chi connectivity index (χ1n) is 7.93. The van der Waals surface area contributed by atoms with E-state index in [1.165, 1.54) is 29.9 Å². The van der Waals surface area contributed by atoms with E-state index < -0.39 is 0 Å². The number of hydrogen-bond donors (Lipinski definition) is 2. The Bertz CT molecular complexity index is 599. The van der Waals surface area contributed by atoms with Crippen LogP contribution < -0.4 is 5.32 Å². The summed E-state index contributed by atoms with van der Waals surface area (Å²) in [5.74, 6) is 4.17. The highest BCUT2D eigenvalue weighted by atomic mass is 32.2. The summed E-state index contributed by atoms with van der Waals surface area (Å²) >= 11 is 2.07. The molecule has 1 aromatic heterocycles. The summed E-state index contributed by atoms with van der Waals surface area (Å²) < 4.78 is 0. The minimum atomic E-state index is 0.311. The van der Waals surface area contributed by atoms with Gasteiger partial charge >= 0.3 is 0 Å². The number of aromatic nitrogens is 2. The fourth-order valence-electron chi connectivity index (χ4n) is 3.00. The van der Waals surface area contributed by atoms with Crippen LogP contribution in [-0.4, -0.2) is 27.5 Å². The van der Waals surface area contributed by atoms with Gasteiger partial charge in [0.1, 0.15) is 5.82 Å². The zero-order chi connectivity index (χ0) is 14.8. The van der Waals surface area contributed by atoms with Crippen molar-refractivity contribution in [2.24, 2.45) is 5.92 Å². The van der Waals surface area contributed by atoms with Crippen molar-refractivity contribution in [1.82, 2.24) is 15.3 Å². The Morgan fingerprint density at radius 2 is 2.05 bits per heavy atom. The summed E-state index contributed by atoms with van der Waals surface area (Å²) in [7, 11) is 0. The summed E-state index contributed by atoms with van der Waals surface area (Å²) in [5.41, 5.74) is 3.50. The van der Waals surface area contributed by atoms with E-state index in [-0.39, 0.29) is 0 Å². The fraction of sp³-hybridized carbons (Fsp3) is 0.588. The van der Waals surface area contributed by atoms with Gasteiger partial charge in [0.2, 0.25) is 0 Å². The summed E-state index contributed by atoms with van der Waals surface area (Å²) in [5, 5.41) is 3.84. The first kappa shape index (κ1) is 14.9. The van der Waals surface area contributed by atoms with Crippen molar-refractivity contribution in [3.63, 3.8) is 0 Å². The van der Waals surface area contributed by atoms with Gasteiger partial charge in [-0.2, -0.15) is 11.8 Å². The Morgan fingerprint density at radius 3 is 2.76 bits per heavy atom. The average Bonchev–Trinajstić information content (AvgIpc) is 2.88. The van der Waals surface area contributed by atoms with E-state index in [4.69, 9.17) is 4.98 Å². The van der Waals surface area contributed by atoms with Gasteiger partial charge in [-0.15, -0.1) is 0 Å². The molecule has 2 aromatic rings. The van der Waals surface area contributed by atoms with Gasteiger partial charge in [0.25, 0.3) is 0 Å². The second kappa shape index (κ2) is 6.41. The van der Waals surface area contributed by atoms with Crippen molar-refractivity contribution in [2.45, 2.75) is 45.7 Å². The molecular weight excluding hydrogens is 278 g/mol. The Hall–Kier alpha value is -1.00. The summed E-state index contributed by atoms with van der Waals surface area (Å²) in [6.07, 6.45) is 2.54. The fourth-order valence-corrected chi connectivity index (χ4v) is 4.10. The lowest BCUT2D eigenvalue weighted by atomic mass is 10.0. The van der Waals surface area contributed by atoms with Crippen LogP contribution in [0.5, 0.6) is 0 Å². The Labute approximate surface area is 131 Å². The molecule has 0 aliphatic carbocycles. The molecule has 3 nitrogen and oxygen atoms in total. The second-order valence-corrected chi connectivity index (χ2v) is 7.64. The van der Waals surface area contributed by atoms with E-state index in [0.29, 0.717) is 18.0 Å². The molecule has 1 saturated heterocycles. The topological polar surface area (TPSA) is 40.7 Å². The molecule has 21 heavy (non-hydrogen) atoms. The standard InChI is InChI=1S/C17H25N3S/c1-11(2)16(18-13-6-8-21-9-7-13)17-19-14-5-4-12(3)10-15(14)20-17/h4-5,10-11,13,16,18H,6-9H2,1-3H3,(H,19,20)/t16-/m1/s1. The largest absolute Gasteiger partial charge is 0.341 e. The number of hydrogen-bond acceptors (Lipinski definition) is 3. The molecule has 0 bridgehead atoms. The quantitative estimate of drug-likeness (QED) is 0.895. The molecule has 0 amide bonds. The highest BCUT2D eigenvalue weighted by Crippen LogP contribution is 2.26. The lowest BCUT2D eigenvalue weighted by molar-refractivity contribution is 0.336. The smallest absolute Gasteiger partial charge is 0.124 e. The van der Waals surface area contributed by atoms with E-state index in [2.05, 4.69) is 61.0 Å². The van der Waals surface area contributed by atoms with Gasteiger partial charge in [0, 0.05) is 6.04 Å². The van der Waals surface area contributed by atoms with Crippen molar-refractivity contribution >= 4 is 22.8 Å². The minimum absolute atomic E-state index is 0.311. The number of H-pyrrole nitrogens is 1. The molecular formula is C17H25N3S. The third-order valence-corrected chi connectivity index (χ3v) is 5.30. The SMILES string of the molecule is Cc1ccc2nc([C@H](NC3CCSCC3)C(C)C)[nH]c2c1. The highest BCUT2D eigenvalue weighted by Gasteiger charge is 2.24. The number of fused-ring (bicyclic) bond motifs is 1. The van der Waals surface area contributed by atoms with Crippen LogP contribution in [0.1, 0.15) is 44.1 Å². The number of nitrogens with one attached hydrogen (secondary N) is 2. The van der Waals surface area contributed by atoms with Crippen LogP contribution in [0.3, 0.4) is 0 Å². The third-order valence-electron chi connectivity index (χ3n) is 4.25. The van der Waals surface area contributed by atoms with E-state index in [1.807, 2.05) is 0 Å². The molecule has 1 aliphatic heterocycles. The number of aryl methyl sites for hydroxylation is 1. The molecule has 0 saturated carbocycles. The average molecular weight is 303 g/mol. The van der Waals surface area contributed by atoms with Gasteiger partial charge in [-0.25, -0.2) is 4.98 Å². The normalized spacial score (nSPS) is 18.5. The van der Waals surface area contributed by atoms with Crippen molar-refractivity contribution in [1.29, 1.82) is 0 Å². The molecule has 1 atom stereocenters. The van der Waals surface area contributed by atoms with E-state index in [1.54, 1.807) is 0 Å². The van der Waals surface area contributed by atoms with Crippen molar-refractivity contribution in [3.8, 4) is 0 Å². The number of imidazole rings is 1. The Balaban J connectivity index is 1.84. The summed E-state index contributed by atoms with van der Waals surface area (Å²) in [4.78, 5) is 8.35. The molecule has 2 heterocycles. The molecule has 1 fully saturated rings. The maximum Gasteiger partial charge on any atom is 0.124 e. The molecule has 114 valence electrons. The zero-order valence-corrected chi connectivity index (χ0v) is 14.0. The summed E-state index contributed by atoms with van der Waals surface area (Å²) in [6, 6.07) is 7.36. The zero-order valence-electron chi connectivity index (χ0n) is 13.1. The van der Waals surface area contributed by atoms with Crippen LogP contribution in [0, 0.1) is 12.8 Å². The third kappa shape index (κ3) is 3.43. The molecule has 1 aliphatic rings. The van der Waals surface area contributed by atoms with Crippen LogP contribution in [0.15, 0.2) is 18.2 Å². The maximum atomic E-state index is 4.82. The van der Waals surface area contributed by atoms with Gasteiger partial charge in [-0.05, 0) is 54.9 Å². The van der Waals surface area contributed by atoms with E-state index >= 15 is 0 Å². The molecule has 2 N–H and O–H groups in total. The van der Waals surface area contributed by atoms with Crippen LogP contribution >= 0.6 is 11.8 Å². The first-order valence-corrected chi connectivity index (χ1v) is 9.09. The van der Waals surface area contributed by atoms with Crippen LogP contribution in [0.2, 0.25) is 0 Å². The Kier molecular flexibility index (Phi) is 4.55. The number of benzene rings is 1. The van der Waals surface area contributed by atoms with Gasteiger partial charge in [0.05, 0.1) is 17.1 Å². The lowest BCUT2D eigenvalue weighted by Gasteiger charge is -2.29. The summed E-state index contributed by atoms with van der Waals surface area (Å²) in [6.45, 7) is 6.67. The molecule has 0 spiro atoms. The Morgan fingerprint density at radius 1 is 1.29 bits per heavy atom. The number of nitrogens with zero attached hydrogens (tertiary/aromatic N) is 1. The lowest BCUT2D eigenvalue weighted by Crippen LogP contribution is -2.38. The maximum absolute atomic E-state index is 4.82. The van der Waals surface area contributed by atoms with E-state index in [9.17, 15) is 0 Å². The second-order valence-electron chi connectivity index (χ2n) is 6.42. The van der Waals surface area contributed by atoms with Crippen molar-refractivity contribution < 1.29 is 0 Å². The highest BCUT2D eigenvalue weighted by molar-refractivity contribution is 7.99. The molecule has 3 rings (SSSR count). The number of aromatic amines is 1. The predicted molar refractivity (Wildman–Crippen MR) is 91.9 cm³/mol. The number of rotatable bonds is 4. The van der Waals surface area contributed by atoms with Gasteiger partial charge < -0.3 is 10.3 Å². The number of thioether (sulfide) groups is 1. The van der Waals surface area contributed by atoms with Crippen LogP contribution in [0.4, 0.5) is 0 Å². The molecule has 0 unspecified atom stereocenters. The van der Waals surface area contributed by atoms with Crippen LogP contribution in [-0.2, 0) is 0 Å².